The summed E-state index contributed by atoms with van der Waals surface area (Å²) in [7, 11) is 1.35. The SMILES string of the molecule is CC[C@H](C)[C@@H](Cl)C(=O)OC. The molecule has 0 aliphatic carbocycles. The highest BCUT2D eigenvalue weighted by molar-refractivity contribution is 6.30. The highest BCUT2D eigenvalue weighted by atomic mass is 35.5. The molecule has 0 saturated heterocycles. The molecule has 0 saturated carbocycles. The van der Waals surface area contributed by atoms with Gasteiger partial charge in [-0.3, -0.25) is 4.79 Å². The third-order valence-corrected chi connectivity index (χ3v) is 2.18. The van der Waals surface area contributed by atoms with Crippen molar-refractivity contribution in [3.8, 4) is 0 Å². The van der Waals surface area contributed by atoms with Crippen LogP contribution >= 0.6 is 11.6 Å². The molecule has 0 unspecified atom stereocenters. The van der Waals surface area contributed by atoms with Crippen LogP contribution in [0.3, 0.4) is 0 Å². The minimum Gasteiger partial charge on any atom is -0.468 e. The van der Waals surface area contributed by atoms with Crippen LogP contribution in [-0.4, -0.2) is 18.5 Å². The number of carbonyl (C=O) groups is 1. The molecular weight excluding hydrogens is 152 g/mol. The average molecular weight is 165 g/mol. The van der Waals surface area contributed by atoms with E-state index in [1.807, 2.05) is 13.8 Å². The first kappa shape index (κ1) is 9.76. The molecule has 0 aliphatic heterocycles. The fraction of sp³-hybridized carbons (Fsp3) is 0.857. The smallest absolute Gasteiger partial charge is 0.324 e. The molecule has 2 atom stereocenters. The molecule has 60 valence electrons. The van der Waals surface area contributed by atoms with Crippen LogP contribution in [0.4, 0.5) is 0 Å². The molecule has 0 rings (SSSR count). The maximum absolute atomic E-state index is 10.8. The van der Waals surface area contributed by atoms with E-state index < -0.39 is 5.38 Å². The van der Waals surface area contributed by atoms with Crippen molar-refractivity contribution in [3.05, 3.63) is 0 Å². The first-order valence-electron chi connectivity index (χ1n) is 3.35. The number of rotatable bonds is 3. The standard InChI is InChI=1S/C7H13ClO2/c1-4-5(2)6(8)7(9)10-3/h5-6H,4H2,1-3H3/t5-,6+/m0/s1. The number of halogens is 1. The number of hydrogen-bond acceptors (Lipinski definition) is 2. The van der Waals surface area contributed by atoms with Crippen LogP contribution in [-0.2, 0) is 9.53 Å². The molecule has 0 aliphatic rings. The third kappa shape index (κ3) is 2.56. The lowest BCUT2D eigenvalue weighted by atomic mass is 10.1. The summed E-state index contributed by atoms with van der Waals surface area (Å²) in [4.78, 5) is 10.8. The van der Waals surface area contributed by atoms with E-state index in [0.717, 1.165) is 6.42 Å². The van der Waals surface area contributed by atoms with E-state index in [-0.39, 0.29) is 11.9 Å². The zero-order valence-corrected chi connectivity index (χ0v) is 7.31. The predicted molar refractivity (Wildman–Crippen MR) is 41.1 cm³/mol. The summed E-state index contributed by atoms with van der Waals surface area (Å²) in [6, 6.07) is 0. The number of methoxy groups -OCH3 is 1. The van der Waals surface area contributed by atoms with Gasteiger partial charge in [-0.1, -0.05) is 20.3 Å². The Bertz CT molecular complexity index is 114. The topological polar surface area (TPSA) is 26.3 Å². The Labute approximate surface area is 66.5 Å². The zero-order valence-electron chi connectivity index (χ0n) is 6.56. The summed E-state index contributed by atoms with van der Waals surface area (Å²) in [5.41, 5.74) is 0. The van der Waals surface area contributed by atoms with Crippen LogP contribution in [0.2, 0.25) is 0 Å². The Hall–Kier alpha value is -0.240. The van der Waals surface area contributed by atoms with E-state index in [2.05, 4.69) is 4.74 Å². The second kappa shape index (κ2) is 4.56. The molecule has 0 heterocycles. The summed E-state index contributed by atoms with van der Waals surface area (Å²) in [5.74, 6) is -0.148. The van der Waals surface area contributed by atoms with Crippen molar-refractivity contribution < 1.29 is 9.53 Å². The van der Waals surface area contributed by atoms with Gasteiger partial charge in [-0.25, -0.2) is 0 Å². The molecule has 0 aromatic heterocycles. The molecule has 0 N–H and O–H groups in total. The van der Waals surface area contributed by atoms with Crippen LogP contribution in [0.5, 0.6) is 0 Å². The molecule has 0 amide bonds. The second-order valence-electron chi connectivity index (χ2n) is 2.31. The Balaban J connectivity index is 3.81. The van der Waals surface area contributed by atoms with Crippen molar-refractivity contribution >= 4 is 17.6 Å². The lowest BCUT2D eigenvalue weighted by molar-refractivity contribution is -0.141. The van der Waals surface area contributed by atoms with E-state index in [0.29, 0.717) is 0 Å². The summed E-state index contributed by atoms with van der Waals surface area (Å²) < 4.78 is 4.46. The van der Waals surface area contributed by atoms with E-state index >= 15 is 0 Å². The van der Waals surface area contributed by atoms with Crippen LogP contribution in [0.15, 0.2) is 0 Å². The van der Waals surface area contributed by atoms with Crippen molar-refractivity contribution in [2.24, 2.45) is 5.92 Å². The van der Waals surface area contributed by atoms with Gasteiger partial charge in [0, 0.05) is 0 Å². The molecule has 0 fully saturated rings. The summed E-state index contributed by atoms with van der Waals surface area (Å²) in [6.07, 6.45) is 0.892. The van der Waals surface area contributed by atoms with Gasteiger partial charge in [0.2, 0.25) is 0 Å². The minimum atomic E-state index is -0.491. The Morgan fingerprint density at radius 3 is 2.50 bits per heavy atom. The fourth-order valence-corrected chi connectivity index (χ4v) is 0.819. The van der Waals surface area contributed by atoms with E-state index in [1.165, 1.54) is 7.11 Å². The van der Waals surface area contributed by atoms with Crippen molar-refractivity contribution in [2.45, 2.75) is 25.6 Å². The van der Waals surface area contributed by atoms with Gasteiger partial charge in [0.25, 0.3) is 0 Å². The van der Waals surface area contributed by atoms with Crippen molar-refractivity contribution in [2.75, 3.05) is 7.11 Å². The highest BCUT2D eigenvalue weighted by Crippen LogP contribution is 2.14. The monoisotopic (exact) mass is 164 g/mol. The minimum absolute atomic E-state index is 0.189. The molecule has 0 radical (unpaired) electrons. The Morgan fingerprint density at radius 1 is 1.70 bits per heavy atom. The van der Waals surface area contributed by atoms with Gasteiger partial charge in [0.15, 0.2) is 0 Å². The maximum Gasteiger partial charge on any atom is 0.324 e. The summed E-state index contributed by atoms with van der Waals surface area (Å²) in [6.45, 7) is 3.91. The molecule has 10 heavy (non-hydrogen) atoms. The normalized spacial score (nSPS) is 16.0. The van der Waals surface area contributed by atoms with Gasteiger partial charge in [-0.05, 0) is 5.92 Å². The second-order valence-corrected chi connectivity index (χ2v) is 2.78. The van der Waals surface area contributed by atoms with Crippen LogP contribution < -0.4 is 0 Å². The molecule has 3 heteroatoms. The number of hydrogen-bond donors (Lipinski definition) is 0. The highest BCUT2D eigenvalue weighted by Gasteiger charge is 2.21. The van der Waals surface area contributed by atoms with Gasteiger partial charge in [0.1, 0.15) is 5.38 Å². The molecule has 0 spiro atoms. The molecular formula is C7H13ClO2. The molecule has 0 aromatic carbocycles. The van der Waals surface area contributed by atoms with Gasteiger partial charge in [-0.15, -0.1) is 11.6 Å². The van der Waals surface area contributed by atoms with Crippen molar-refractivity contribution in [1.29, 1.82) is 0 Å². The van der Waals surface area contributed by atoms with Crippen molar-refractivity contribution in [3.63, 3.8) is 0 Å². The quantitative estimate of drug-likeness (QED) is 0.470. The van der Waals surface area contributed by atoms with Crippen molar-refractivity contribution in [1.82, 2.24) is 0 Å². The largest absolute Gasteiger partial charge is 0.468 e. The number of alkyl halides is 1. The molecule has 0 bridgehead atoms. The lowest BCUT2D eigenvalue weighted by Gasteiger charge is -2.12. The third-order valence-electron chi connectivity index (χ3n) is 1.57. The Kier molecular flexibility index (Phi) is 4.45. The molecule has 0 aromatic rings. The summed E-state index contributed by atoms with van der Waals surface area (Å²) >= 11 is 5.71. The van der Waals surface area contributed by atoms with E-state index in [4.69, 9.17) is 11.6 Å². The van der Waals surface area contributed by atoms with E-state index in [1.54, 1.807) is 0 Å². The van der Waals surface area contributed by atoms with Gasteiger partial charge >= 0.3 is 5.97 Å². The van der Waals surface area contributed by atoms with Crippen LogP contribution in [0, 0.1) is 5.92 Å². The number of esters is 1. The number of ether oxygens (including phenoxy) is 1. The van der Waals surface area contributed by atoms with Gasteiger partial charge < -0.3 is 4.74 Å². The summed E-state index contributed by atoms with van der Waals surface area (Å²) in [5, 5.41) is -0.491. The van der Waals surface area contributed by atoms with Gasteiger partial charge in [0.05, 0.1) is 7.11 Å². The Morgan fingerprint density at radius 2 is 2.20 bits per heavy atom. The number of carbonyl (C=O) groups excluding carboxylic acids is 1. The first-order chi connectivity index (χ1) is 4.63. The maximum atomic E-state index is 10.8. The van der Waals surface area contributed by atoms with Crippen LogP contribution in [0.25, 0.3) is 0 Å². The first-order valence-corrected chi connectivity index (χ1v) is 3.79. The molecule has 2 nitrogen and oxygen atoms in total. The van der Waals surface area contributed by atoms with E-state index in [9.17, 15) is 4.79 Å². The predicted octanol–water partition coefficient (Wildman–Crippen LogP) is 1.81. The van der Waals surface area contributed by atoms with Crippen LogP contribution in [0.1, 0.15) is 20.3 Å². The van der Waals surface area contributed by atoms with Gasteiger partial charge in [-0.2, -0.15) is 0 Å². The average Bonchev–Trinajstić information content (AvgIpc) is 2.00. The lowest BCUT2D eigenvalue weighted by Crippen LogP contribution is -2.23. The fourth-order valence-electron chi connectivity index (χ4n) is 0.552. The zero-order chi connectivity index (χ0) is 8.15.